The minimum absolute atomic E-state index is 0.0504. The van der Waals surface area contributed by atoms with Crippen molar-refractivity contribution in [3.05, 3.63) is 34.3 Å². The van der Waals surface area contributed by atoms with E-state index in [1.165, 1.54) is 11.3 Å². The number of halogens is 1. The molecule has 0 unspecified atom stereocenters. The van der Waals surface area contributed by atoms with Crippen LogP contribution < -0.4 is 4.74 Å². The van der Waals surface area contributed by atoms with Crippen molar-refractivity contribution in [1.29, 1.82) is 0 Å². The largest absolute Gasteiger partial charge is 0.496 e. The normalized spacial score (nSPS) is 10.5. The van der Waals surface area contributed by atoms with E-state index in [4.69, 9.17) is 21.4 Å². The Balaban J connectivity index is 2.42. The second-order valence-corrected chi connectivity index (χ2v) is 5.01. The molecule has 0 aliphatic carbocycles. The van der Waals surface area contributed by atoms with E-state index in [-0.39, 0.29) is 6.61 Å². The molecule has 0 radical (unpaired) electrons. The maximum Gasteiger partial charge on any atom is 0.129 e. The molecule has 1 aromatic heterocycles. The highest BCUT2D eigenvalue weighted by molar-refractivity contribution is 7.19. The molecule has 0 atom stereocenters. The molecule has 0 fully saturated rings. The minimum atomic E-state index is 0.0504. The van der Waals surface area contributed by atoms with Gasteiger partial charge in [0.15, 0.2) is 0 Å². The van der Waals surface area contributed by atoms with Gasteiger partial charge in [-0.1, -0.05) is 23.7 Å². The van der Waals surface area contributed by atoms with Gasteiger partial charge < -0.3 is 9.84 Å². The fraction of sp³-hybridized carbons (Fsp3) is 0.250. The standard InChI is InChI=1S/C12H12ClNO2S/c1-16-10-5-3-2-4-8(10)12-14-9(6-7-15)11(13)17-12/h2-5,15H,6-7H2,1H3. The summed E-state index contributed by atoms with van der Waals surface area (Å²) < 4.78 is 5.91. The Labute approximate surface area is 109 Å². The van der Waals surface area contributed by atoms with E-state index in [2.05, 4.69) is 4.98 Å². The number of benzene rings is 1. The Kier molecular flexibility index (Phi) is 3.99. The first kappa shape index (κ1) is 12.4. The van der Waals surface area contributed by atoms with Gasteiger partial charge in [0.1, 0.15) is 15.1 Å². The molecule has 1 N–H and O–H groups in total. The summed E-state index contributed by atoms with van der Waals surface area (Å²) in [5.74, 6) is 0.772. The third-order valence-electron chi connectivity index (χ3n) is 2.34. The van der Waals surface area contributed by atoms with Gasteiger partial charge in [-0.15, -0.1) is 11.3 Å². The van der Waals surface area contributed by atoms with Crippen LogP contribution >= 0.6 is 22.9 Å². The fourth-order valence-corrected chi connectivity index (χ4v) is 2.76. The van der Waals surface area contributed by atoms with Gasteiger partial charge >= 0.3 is 0 Å². The molecule has 5 heteroatoms. The number of nitrogens with zero attached hydrogens (tertiary/aromatic N) is 1. The van der Waals surface area contributed by atoms with Gasteiger partial charge in [0.2, 0.25) is 0 Å². The summed E-state index contributed by atoms with van der Waals surface area (Å²) in [7, 11) is 1.63. The van der Waals surface area contributed by atoms with Crippen LogP contribution in [0.15, 0.2) is 24.3 Å². The summed E-state index contributed by atoms with van der Waals surface area (Å²) >= 11 is 7.47. The lowest BCUT2D eigenvalue weighted by molar-refractivity contribution is 0.298. The maximum atomic E-state index is 8.91. The third-order valence-corrected chi connectivity index (χ3v) is 3.70. The Hall–Kier alpha value is -1.10. The summed E-state index contributed by atoms with van der Waals surface area (Å²) in [6.07, 6.45) is 0.477. The van der Waals surface area contributed by atoms with Gasteiger partial charge in [0.25, 0.3) is 0 Å². The lowest BCUT2D eigenvalue weighted by Crippen LogP contribution is -1.92. The van der Waals surface area contributed by atoms with Crippen LogP contribution in [0.25, 0.3) is 10.6 Å². The van der Waals surface area contributed by atoms with Crippen molar-refractivity contribution in [2.45, 2.75) is 6.42 Å². The Morgan fingerprint density at radius 1 is 1.41 bits per heavy atom. The molecule has 90 valence electrons. The fourth-order valence-electron chi connectivity index (χ4n) is 1.53. The second kappa shape index (κ2) is 5.49. The summed E-state index contributed by atoms with van der Waals surface area (Å²) in [6, 6.07) is 7.66. The van der Waals surface area contributed by atoms with Crippen LogP contribution in [-0.2, 0) is 6.42 Å². The first-order valence-electron chi connectivity index (χ1n) is 5.15. The Morgan fingerprint density at radius 3 is 2.88 bits per heavy atom. The quantitative estimate of drug-likeness (QED) is 0.928. The molecule has 0 aliphatic rings. The number of aromatic nitrogens is 1. The number of ether oxygens (including phenoxy) is 1. The highest BCUT2D eigenvalue weighted by Gasteiger charge is 2.13. The van der Waals surface area contributed by atoms with Gasteiger partial charge in [-0.25, -0.2) is 4.98 Å². The molecule has 17 heavy (non-hydrogen) atoms. The van der Waals surface area contributed by atoms with Crippen molar-refractivity contribution in [2.24, 2.45) is 0 Å². The predicted molar refractivity (Wildman–Crippen MR) is 69.9 cm³/mol. The van der Waals surface area contributed by atoms with Crippen molar-refractivity contribution in [3.8, 4) is 16.3 Å². The van der Waals surface area contributed by atoms with E-state index in [1.807, 2.05) is 24.3 Å². The zero-order valence-corrected chi connectivity index (χ0v) is 10.9. The summed E-state index contributed by atoms with van der Waals surface area (Å²) in [6.45, 7) is 0.0504. The maximum absolute atomic E-state index is 8.91. The van der Waals surface area contributed by atoms with Crippen LogP contribution in [0.4, 0.5) is 0 Å². The molecule has 0 saturated carbocycles. The van der Waals surface area contributed by atoms with Crippen LogP contribution in [0.3, 0.4) is 0 Å². The number of rotatable bonds is 4. The number of aliphatic hydroxyl groups is 1. The number of aliphatic hydroxyl groups excluding tert-OH is 1. The van der Waals surface area contributed by atoms with Crippen LogP contribution in [-0.4, -0.2) is 23.8 Å². The monoisotopic (exact) mass is 269 g/mol. The second-order valence-electron chi connectivity index (χ2n) is 3.41. The van der Waals surface area contributed by atoms with E-state index in [0.717, 1.165) is 22.0 Å². The molecule has 1 heterocycles. The van der Waals surface area contributed by atoms with Crippen molar-refractivity contribution >= 4 is 22.9 Å². The van der Waals surface area contributed by atoms with E-state index in [1.54, 1.807) is 7.11 Å². The first-order chi connectivity index (χ1) is 8.26. The summed E-state index contributed by atoms with van der Waals surface area (Å²) in [4.78, 5) is 4.42. The van der Waals surface area contributed by atoms with Gasteiger partial charge in [0, 0.05) is 13.0 Å². The molecule has 0 bridgehead atoms. The summed E-state index contributed by atoms with van der Waals surface area (Å²) in [5, 5.41) is 9.72. The highest BCUT2D eigenvalue weighted by Crippen LogP contribution is 2.36. The molecule has 2 aromatic rings. The number of methoxy groups -OCH3 is 1. The number of hydrogen-bond donors (Lipinski definition) is 1. The Morgan fingerprint density at radius 2 is 2.18 bits per heavy atom. The van der Waals surface area contributed by atoms with Crippen LogP contribution in [0.1, 0.15) is 5.69 Å². The molecular formula is C12H12ClNO2S. The van der Waals surface area contributed by atoms with Gasteiger partial charge in [0.05, 0.1) is 18.4 Å². The van der Waals surface area contributed by atoms with E-state index >= 15 is 0 Å². The third kappa shape index (κ3) is 2.60. The molecule has 0 amide bonds. The zero-order chi connectivity index (χ0) is 12.3. The SMILES string of the molecule is COc1ccccc1-c1nc(CCO)c(Cl)s1. The van der Waals surface area contributed by atoms with Gasteiger partial charge in [-0.2, -0.15) is 0 Å². The zero-order valence-electron chi connectivity index (χ0n) is 9.31. The Bertz CT molecular complexity index is 513. The van der Waals surface area contributed by atoms with E-state index < -0.39 is 0 Å². The molecule has 2 rings (SSSR count). The van der Waals surface area contributed by atoms with Crippen LogP contribution in [0, 0.1) is 0 Å². The average molecular weight is 270 g/mol. The van der Waals surface area contributed by atoms with Gasteiger partial charge in [-0.05, 0) is 12.1 Å². The molecule has 1 aromatic carbocycles. The van der Waals surface area contributed by atoms with Crippen LogP contribution in [0.2, 0.25) is 4.34 Å². The summed E-state index contributed by atoms with van der Waals surface area (Å²) in [5.41, 5.74) is 1.66. The van der Waals surface area contributed by atoms with E-state index in [0.29, 0.717) is 10.8 Å². The molecule has 3 nitrogen and oxygen atoms in total. The van der Waals surface area contributed by atoms with Crippen molar-refractivity contribution in [1.82, 2.24) is 4.98 Å². The molecule has 0 spiro atoms. The highest BCUT2D eigenvalue weighted by atomic mass is 35.5. The van der Waals surface area contributed by atoms with Crippen molar-refractivity contribution in [2.75, 3.05) is 13.7 Å². The number of hydrogen-bond acceptors (Lipinski definition) is 4. The number of para-hydroxylation sites is 1. The smallest absolute Gasteiger partial charge is 0.129 e. The molecule has 0 saturated heterocycles. The lowest BCUT2D eigenvalue weighted by Gasteiger charge is -2.04. The number of thiazole rings is 1. The average Bonchev–Trinajstić information content (AvgIpc) is 2.71. The molecular weight excluding hydrogens is 258 g/mol. The first-order valence-corrected chi connectivity index (χ1v) is 6.35. The predicted octanol–water partition coefficient (Wildman–Crippen LogP) is 3.01. The van der Waals surface area contributed by atoms with Gasteiger partial charge in [-0.3, -0.25) is 0 Å². The topological polar surface area (TPSA) is 42.4 Å². The van der Waals surface area contributed by atoms with Crippen molar-refractivity contribution in [3.63, 3.8) is 0 Å². The molecule has 0 aliphatic heterocycles. The van der Waals surface area contributed by atoms with Crippen molar-refractivity contribution < 1.29 is 9.84 Å². The van der Waals surface area contributed by atoms with E-state index in [9.17, 15) is 0 Å². The minimum Gasteiger partial charge on any atom is -0.496 e. The lowest BCUT2D eigenvalue weighted by atomic mass is 10.2. The van der Waals surface area contributed by atoms with Crippen LogP contribution in [0.5, 0.6) is 5.75 Å².